The lowest BCUT2D eigenvalue weighted by Gasteiger charge is -2.26. The monoisotopic (exact) mass is 310 g/mol. The molecule has 2 atom stereocenters. The number of hydrogen-bond acceptors (Lipinski definition) is 3. The predicted molar refractivity (Wildman–Crippen MR) is 93.0 cm³/mol. The molecular weight excluding hydrogens is 288 g/mol. The SMILES string of the molecule is CNC[C@@H](O)[C@H](c1ccccc1)n1ccc2c(OC)cccc21. The molecule has 0 radical (unpaired) electrons. The highest BCUT2D eigenvalue weighted by atomic mass is 16.5. The highest BCUT2D eigenvalue weighted by molar-refractivity contribution is 5.86. The van der Waals surface area contributed by atoms with Crippen LogP contribution in [0.2, 0.25) is 0 Å². The topological polar surface area (TPSA) is 46.4 Å². The van der Waals surface area contributed by atoms with E-state index in [0.29, 0.717) is 6.54 Å². The van der Waals surface area contributed by atoms with E-state index >= 15 is 0 Å². The summed E-state index contributed by atoms with van der Waals surface area (Å²) in [5.41, 5.74) is 2.13. The van der Waals surface area contributed by atoms with Gasteiger partial charge in [0.05, 0.1) is 24.8 Å². The number of nitrogens with one attached hydrogen (secondary N) is 1. The van der Waals surface area contributed by atoms with Gasteiger partial charge in [0.25, 0.3) is 0 Å². The number of fused-ring (bicyclic) bond motifs is 1. The molecule has 2 aromatic carbocycles. The van der Waals surface area contributed by atoms with E-state index in [4.69, 9.17) is 4.74 Å². The van der Waals surface area contributed by atoms with E-state index in [1.807, 2.05) is 49.6 Å². The number of hydrogen-bond donors (Lipinski definition) is 2. The number of aliphatic hydroxyl groups excluding tert-OH is 1. The molecule has 0 unspecified atom stereocenters. The van der Waals surface area contributed by atoms with Crippen molar-refractivity contribution >= 4 is 10.9 Å². The molecule has 0 aliphatic carbocycles. The van der Waals surface area contributed by atoms with Crippen LogP contribution < -0.4 is 10.1 Å². The summed E-state index contributed by atoms with van der Waals surface area (Å²) in [4.78, 5) is 0. The number of nitrogens with zero attached hydrogens (tertiary/aromatic N) is 1. The van der Waals surface area contributed by atoms with Gasteiger partial charge >= 0.3 is 0 Å². The number of rotatable bonds is 6. The van der Waals surface area contributed by atoms with E-state index in [0.717, 1.165) is 22.2 Å². The number of methoxy groups -OCH3 is 1. The third-order valence-corrected chi connectivity index (χ3v) is 4.16. The maximum absolute atomic E-state index is 10.7. The third kappa shape index (κ3) is 2.96. The van der Waals surface area contributed by atoms with Crippen LogP contribution in [0.15, 0.2) is 60.8 Å². The summed E-state index contributed by atoms with van der Waals surface area (Å²) in [6.45, 7) is 0.517. The van der Waals surface area contributed by atoms with Crippen LogP contribution in [0.1, 0.15) is 11.6 Å². The van der Waals surface area contributed by atoms with Gasteiger partial charge in [-0.3, -0.25) is 0 Å². The van der Waals surface area contributed by atoms with Gasteiger partial charge in [-0.25, -0.2) is 0 Å². The van der Waals surface area contributed by atoms with Crippen molar-refractivity contribution in [2.75, 3.05) is 20.7 Å². The Morgan fingerprint density at radius 2 is 1.87 bits per heavy atom. The van der Waals surface area contributed by atoms with Gasteiger partial charge in [-0.1, -0.05) is 36.4 Å². The van der Waals surface area contributed by atoms with E-state index in [-0.39, 0.29) is 6.04 Å². The van der Waals surface area contributed by atoms with Crippen LogP contribution in [0, 0.1) is 0 Å². The van der Waals surface area contributed by atoms with Crippen LogP contribution in [0.25, 0.3) is 10.9 Å². The van der Waals surface area contributed by atoms with E-state index in [2.05, 4.69) is 28.1 Å². The van der Waals surface area contributed by atoms with Crippen molar-refractivity contribution in [1.82, 2.24) is 9.88 Å². The van der Waals surface area contributed by atoms with Gasteiger partial charge in [0, 0.05) is 18.1 Å². The van der Waals surface area contributed by atoms with Crippen molar-refractivity contribution in [3.05, 3.63) is 66.4 Å². The number of aromatic nitrogens is 1. The van der Waals surface area contributed by atoms with E-state index in [1.54, 1.807) is 7.11 Å². The minimum atomic E-state index is -0.538. The molecule has 2 N–H and O–H groups in total. The Morgan fingerprint density at radius 3 is 2.57 bits per heavy atom. The lowest BCUT2D eigenvalue weighted by atomic mass is 10.0. The molecule has 3 aromatic rings. The second-order valence-corrected chi connectivity index (χ2v) is 5.60. The smallest absolute Gasteiger partial charge is 0.128 e. The van der Waals surface area contributed by atoms with Gasteiger partial charge in [0.1, 0.15) is 5.75 Å². The van der Waals surface area contributed by atoms with Gasteiger partial charge in [-0.2, -0.15) is 0 Å². The van der Waals surface area contributed by atoms with Gasteiger partial charge in [0.2, 0.25) is 0 Å². The molecule has 3 rings (SSSR count). The predicted octanol–water partition coefficient (Wildman–Crippen LogP) is 2.82. The summed E-state index contributed by atoms with van der Waals surface area (Å²) < 4.78 is 7.57. The Labute approximate surface area is 136 Å². The zero-order valence-corrected chi connectivity index (χ0v) is 13.4. The minimum absolute atomic E-state index is 0.159. The summed E-state index contributed by atoms with van der Waals surface area (Å²) in [6.07, 6.45) is 1.48. The number of ether oxygens (including phenoxy) is 1. The van der Waals surface area contributed by atoms with Crippen molar-refractivity contribution < 1.29 is 9.84 Å². The molecule has 1 aromatic heterocycles. The normalized spacial score (nSPS) is 13.9. The molecule has 23 heavy (non-hydrogen) atoms. The van der Waals surface area contributed by atoms with Crippen LogP contribution in [0.4, 0.5) is 0 Å². The van der Waals surface area contributed by atoms with Crippen LogP contribution in [-0.4, -0.2) is 36.5 Å². The molecule has 0 spiro atoms. The first-order valence-electron chi connectivity index (χ1n) is 7.77. The summed E-state index contributed by atoms with van der Waals surface area (Å²) in [5, 5.41) is 14.8. The molecule has 0 saturated carbocycles. The minimum Gasteiger partial charge on any atom is -0.496 e. The van der Waals surface area contributed by atoms with Crippen LogP contribution in [0.5, 0.6) is 5.75 Å². The zero-order valence-electron chi connectivity index (χ0n) is 13.4. The first kappa shape index (κ1) is 15.6. The molecule has 0 aliphatic rings. The molecule has 0 saturated heterocycles. The number of likely N-dealkylation sites (N-methyl/N-ethyl adjacent to an activating group) is 1. The highest BCUT2D eigenvalue weighted by Gasteiger charge is 2.24. The largest absolute Gasteiger partial charge is 0.496 e. The van der Waals surface area contributed by atoms with Crippen molar-refractivity contribution in [2.45, 2.75) is 12.1 Å². The first-order chi connectivity index (χ1) is 11.3. The molecule has 0 aliphatic heterocycles. The van der Waals surface area contributed by atoms with E-state index in [1.165, 1.54) is 0 Å². The van der Waals surface area contributed by atoms with Crippen LogP contribution >= 0.6 is 0 Å². The van der Waals surface area contributed by atoms with Crippen LogP contribution in [-0.2, 0) is 0 Å². The molecule has 0 bridgehead atoms. The van der Waals surface area contributed by atoms with Crippen molar-refractivity contribution in [1.29, 1.82) is 0 Å². The maximum Gasteiger partial charge on any atom is 0.128 e. The van der Waals surface area contributed by atoms with Crippen molar-refractivity contribution in [3.8, 4) is 5.75 Å². The lowest BCUT2D eigenvalue weighted by Crippen LogP contribution is -2.33. The Bertz CT molecular complexity index is 767. The first-order valence-corrected chi connectivity index (χ1v) is 7.77. The zero-order chi connectivity index (χ0) is 16.2. The molecular formula is C19H22N2O2. The molecule has 1 heterocycles. The summed E-state index contributed by atoms with van der Waals surface area (Å²) >= 11 is 0. The number of benzene rings is 2. The van der Waals surface area contributed by atoms with E-state index in [9.17, 15) is 5.11 Å². The van der Waals surface area contributed by atoms with E-state index < -0.39 is 6.10 Å². The fourth-order valence-corrected chi connectivity index (χ4v) is 3.12. The number of aliphatic hydroxyl groups is 1. The summed E-state index contributed by atoms with van der Waals surface area (Å²) in [7, 11) is 3.53. The van der Waals surface area contributed by atoms with Gasteiger partial charge < -0.3 is 19.7 Å². The second kappa shape index (κ2) is 6.86. The summed E-state index contributed by atoms with van der Waals surface area (Å²) in [6, 6.07) is 18.0. The molecule has 0 amide bonds. The average Bonchev–Trinajstić information content (AvgIpc) is 3.00. The molecule has 120 valence electrons. The standard InChI is InChI=1S/C19H22N2O2/c1-20-13-17(22)19(14-7-4-3-5-8-14)21-12-11-15-16(21)9-6-10-18(15)23-2/h3-12,17,19-20,22H,13H2,1-2H3/t17-,19+/m1/s1. The van der Waals surface area contributed by atoms with Crippen LogP contribution in [0.3, 0.4) is 0 Å². The van der Waals surface area contributed by atoms with Gasteiger partial charge in [-0.05, 0) is 30.8 Å². The van der Waals surface area contributed by atoms with Crippen molar-refractivity contribution in [2.24, 2.45) is 0 Å². The average molecular weight is 310 g/mol. The molecule has 4 heteroatoms. The Hall–Kier alpha value is -2.30. The molecule has 4 nitrogen and oxygen atoms in total. The fraction of sp³-hybridized carbons (Fsp3) is 0.263. The molecule has 0 fully saturated rings. The van der Waals surface area contributed by atoms with Gasteiger partial charge in [0.15, 0.2) is 0 Å². The summed E-state index contributed by atoms with van der Waals surface area (Å²) in [5.74, 6) is 0.844. The Kier molecular flexibility index (Phi) is 4.65. The maximum atomic E-state index is 10.7. The highest BCUT2D eigenvalue weighted by Crippen LogP contribution is 2.32. The van der Waals surface area contributed by atoms with Gasteiger partial charge in [-0.15, -0.1) is 0 Å². The quantitative estimate of drug-likeness (QED) is 0.736. The fourth-order valence-electron chi connectivity index (χ4n) is 3.12. The Morgan fingerprint density at radius 1 is 1.09 bits per heavy atom. The third-order valence-electron chi connectivity index (χ3n) is 4.16. The van der Waals surface area contributed by atoms with Crippen molar-refractivity contribution in [3.63, 3.8) is 0 Å². The lowest BCUT2D eigenvalue weighted by molar-refractivity contribution is 0.132. The Balaban J connectivity index is 2.14. The second-order valence-electron chi connectivity index (χ2n) is 5.60.